The van der Waals surface area contributed by atoms with E-state index in [1.807, 2.05) is 50.2 Å². The minimum absolute atomic E-state index is 0.0461. The molecule has 6 aromatic rings. The fraction of sp³-hybridized carbons (Fsp3) is 0.354. The van der Waals surface area contributed by atoms with Crippen LogP contribution in [0.25, 0.3) is 22.3 Å². The monoisotopic (exact) mass is 1010 g/mol. The number of rotatable bonds is 20. The molecule has 394 valence electrons. The van der Waals surface area contributed by atoms with Crippen molar-refractivity contribution in [3.05, 3.63) is 177 Å². The Hall–Kier alpha value is -7.46. The fourth-order valence-electron chi connectivity index (χ4n) is 9.34. The van der Waals surface area contributed by atoms with Crippen molar-refractivity contribution < 1.29 is 47.9 Å². The van der Waals surface area contributed by atoms with Crippen molar-refractivity contribution in [1.82, 2.24) is 0 Å². The maximum absolute atomic E-state index is 12.1. The van der Waals surface area contributed by atoms with Crippen LogP contribution in [0.15, 0.2) is 144 Å². The predicted molar refractivity (Wildman–Crippen MR) is 298 cm³/mol. The summed E-state index contributed by atoms with van der Waals surface area (Å²) in [6.07, 6.45) is 4.64. The quantitative estimate of drug-likeness (QED) is 0.0450. The molecule has 8 rings (SSSR count). The van der Waals surface area contributed by atoms with Gasteiger partial charge in [0, 0.05) is 46.2 Å². The van der Waals surface area contributed by atoms with Gasteiger partial charge in [-0.25, -0.2) is 0 Å². The molecule has 0 amide bonds. The highest BCUT2D eigenvalue weighted by Crippen LogP contribution is 2.44. The Bertz CT molecular complexity index is 2960. The van der Waals surface area contributed by atoms with Crippen molar-refractivity contribution in [2.75, 3.05) is 33.5 Å². The maximum atomic E-state index is 12.1. The normalized spacial score (nSPS) is 14.4. The van der Waals surface area contributed by atoms with Gasteiger partial charge in [0.15, 0.2) is 0 Å². The third-order valence-corrected chi connectivity index (χ3v) is 13.7. The predicted octanol–water partition coefficient (Wildman–Crippen LogP) is 15.5. The number of carbonyl (C=O) groups is 2. The Morgan fingerprint density at radius 3 is 1.36 bits per heavy atom. The van der Waals surface area contributed by atoms with E-state index >= 15 is 0 Å². The van der Waals surface area contributed by atoms with E-state index in [0.717, 1.165) is 123 Å². The van der Waals surface area contributed by atoms with E-state index in [9.17, 15) is 14.7 Å². The molecule has 2 heterocycles. The number of carboxylic acid groups (broad SMARTS) is 1. The van der Waals surface area contributed by atoms with Crippen molar-refractivity contribution >= 4 is 11.9 Å². The van der Waals surface area contributed by atoms with Crippen molar-refractivity contribution in [2.24, 2.45) is 0 Å². The number of unbranched alkanes of at least 4 members (excludes halogenated alkanes) is 2. The first-order valence-corrected chi connectivity index (χ1v) is 26.3. The second kappa shape index (κ2) is 26.7. The summed E-state index contributed by atoms with van der Waals surface area (Å²) < 4.78 is 41.3. The molecule has 0 fully saturated rings. The molecule has 2 aliphatic heterocycles. The molecule has 0 radical (unpaired) electrons. The van der Waals surface area contributed by atoms with Crippen molar-refractivity contribution in [2.45, 2.75) is 119 Å². The van der Waals surface area contributed by atoms with E-state index in [0.29, 0.717) is 44.3 Å². The number of hydrogen-bond acceptors (Lipinski definition) is 9. The van der Waals surface area contributed by atoms with E-state index in [2.05, 4.69) is 126 Å². The van der Waals surface area contributed by atoms with Crippen molar-refractivity contribution in [3.8, 4) is 56.8 Å². The van der Waals surface area contributed by atoms with Gasteiger partial charge in [-0.15, -0.1) is 0 Å². The van der Waals surface area contributed by atoms with Crippen LogP contribution >= 0.6 is 0 Å². The van der Waals surface area contributed by atoms with Gasteiger partial charge < -0.3 is 38.3 Å². The lowest BCUT2D eigenvalue weighted by molar-refractivity contribution is -0.141. The first-order valence-electron chi connectivity index (χ1n) is 26.3. The van der Waals surface area contributed by atoms with Gasteiger partial charge in [0.25, 0.3) is 0 Å². The van der Waals surface area contributed by atoms with Crippen LogP contribution in [0.4, 0.5) is 0 Å². The number of carbonyl (C=O) groups excluding carboxylic acids is 1. The zero-order valence-electron chi connectivity index (χ0n) is 45.3. The number of aliphatic carboxylic acids is 1. The lowest BCUT2D eigenvalue weighted by atomic mass is 9.84. The van der Waals surface area contributed by atoms with Gasteiger partial charge in [-0.2, -0.15) is 0 Å². The summed E-state index contributed by atoms with van der Waals surface area (Å²) in [5, 5.41) is 9.43. The molecule has 10 nitrogen and oxygen atoms in total. The minimum atomic E-state index is -0.814. The highest BCUT2D eigenvalue weighted by Gasteiger charge is 2.31. The molecular weight excluding hydrogens is 941 g/mol. The average molecular weight is 1020 g/mol. The zero-order chi connectivity index (χ0) is 53.4. The van der Waals surface area contributed by atoms with E-state index in [1.165, 1.54) is 23.8 Å². The second-order valence-electron chi connectivity index (χ2n) is 19.9. The molecule has 6 aromatic carbocycles. The average Bonchev–Trinajstić information content (AvgIpc) is 3.40. The minimum Gasteiger partial charge on any atom is -0.493 e. The van der Waals surface area contributed by atoms with Crippen LogP contribution in [0.5, 0.6) is 34.5 Å². The van der Waals surface area contributed by atoms with Crippen LogP contribution in [-0.2, 0) is 27.5 Å². The third-order valence-electron chi connectivity index (χ3n) is 13.7. The maximum Gasteiger partial charge on any atom is 0.306 e. The lowest BCUT2D eigenvalue weighted by Gasteiger charge is -2.29. The molecular formula is C65H74O10. The number of carboxylic acids is 1. The van der Waals surface area contributed by atoms with Crippen LogP contribution in [0.3, 0.4) is 0 Å². The fourth-order valence-corrected chi connectivity index (χ4v) is 9.34. The van der Waals surface area contributed by atoms with Crippen LogP contribution < -0.4 is 28.4 Å². The van der Waals surface area contributed by atoms with Gasteiger partial charge in [0.05, 0.1) is 33.2 Å². The first kappa shape index (κ1) is 55.3. The number of aryl methyl sites for hydroxylation is 2. The third kappa shape index (κ3) is 14.9. The number of methoxy groups -OCH3 is 1. The van der Waals surface area contributed by atoms with E-state index < -0.39 is 5.97 Å². The number of hydrogen-bond donors (Lipinski definition) is 1. The number of esters is 1. The summed E-state index contributed by atoms with van der Waals surface area (Å²) in [5.74, 6) is 3.45. The van der Waals surface area contributed by atoms with Gasteiger partial charge in [-0.3, -0.25) is 9.59 Å². The summed E-state index contributed by atoms with van der Waals surface area (Å²) in [6, 6.07) is 41.0. The number of fused-ring (bicyclic) bond motifs is 2. The number of benzene rings is 6. The Morgan fingerprint density at radius 1 is 0.547 bits per heavy atom. The Labute approximate surface area is 444 Å². The topological polar surface area (TPSA) is 119 Å². The molecule has 2 aliphatic rings. The van der Waals surface area contributed by atoms with Crippen LogP contribution in [0.1, 0.15) is 125 Å². The van der Waals surface area contributed by atoms with Gasteiger partial charge in [-0.1, -0.05) is 122 Å². The molecule has 75 heavy (non-hydrogen) atoms. The second-order valence-corrected chi connectivity index (χ2v) is 19.9. The van der Waals surface area contributed by atoms with Gasteiger partial charge in [0.2, 0.25) is 0 Å². The van der Waals surface area contributed by atoms with Crippen LogP contribution in [-0.4, -0.2) is 50.6 Å². The summed E-state index contributed by atoms with van der Waals surface area (Å²) in [7, 11) is 1.43. The van der Waals surface area contributed by atoms with E-state index in [-0.39, 0.29) is 24.2 Å². The largest absolute Gasteiger partial charge is 0.493 e. The van der Waals surface area contributed by atoms with Crippen LogP contribution in [0, 0.1) is 13.8 Å². The van der Waals surface area contributed by atoms with E-state index in [1.54, 1.807) is 0 Å². The van der Waals surface area contributed by atoms with Crippen molar-refractivity contribution in [1.29, 1.82) is 0 Å². The standard InChI is InChI=1S/C33H38O5.C32H36O5/c1-6-7-16-36-31-15-8-23(4)17-28(31)25-11-9-24(10-12-25)20-37-26-13-14-27-29(19-33(34)35-5)30(22(2)3)21-38-32(27)18-26;1-5-6-15-35-30-14-7-22(4)16-27(30)24-10-8-23(9-11-24)19-36-25-12-13-26-28(18-32(33)34)29(21(2)3)20-37-31(26)17-25/h8-15,17-18,29H,6-7,16,19-21H2,1-5H3;7-14,16-17,28H,5-6,15,18-20H2,1-4H3,(H,33,34). The molecule has 0 aliphatic carbocycles. The number of allylic oxidation sites excluding steroid dienone is 2. The molecule has 2 atom stereocenters. The summed E-state index contributed by atoms with van der Waals surface area (Å²) >= 11 is 0. The SMILES string of the molecule is CCCCOc1ccc(C)cc1-c1ccc(COc2ccc3c(c2)OCC(=C(C)C)C3CC(=O)O)cc1.CCCCOc1ccc(C)cc1-c1ccc(COc2ccc3c(c2)OCC(=C(C)C)C3CC(=O)OC)cc1. The summed E-state index contributed by atoms with van der Waals surface area (Å²) in [5.41, 5.74) is 15.3. The highest BCUT2D eigenvalue weighted by molar-refractivity contribution is 5.74. The smallest absolute Gasteiger partial charge is 0.306 e. The van der Waals surface area contributed by atoms with Gasteiger partial charge in [-0.05, 0) is 124 Å². The zero-order valence-corrected chi connectivity index (χ0v) is 45.3. The Morgan fingerprint density at radius 2 is 0.973 bits per heavy atom. The summed E-state index contributed by atoms with van der Waals surface area (Å²) in [4.78, 5) is 23.6. The lowest BCUT2D eigenvalue weighted by Crippen LogP contribution is -2.21. The van der Waals surface area contributed by atoms with Gasteiger partial charge in [0.1, 0.15) is 60.9 Å². The Balaban J connectivity index is 0.000000219. The molecule has 0 saturated carbocycles. The molecule has 2 unspecified atom stereocenters. The van der Waals surface area contributed by atoms with E-state index in [4.69, 9.17) is 33.2 Å². The molecule has 10 heteroatoms. The molecule has 0 aromatic heterocycles. The number of ether oxygens (including phenoxy) is 7. The van der Waals surface area contributed by atoms with Crippen molar-refractivity contribution in [3.63, 3.8) is 0 Å². The molecule has 0 bridgehead atoms. The molecule has 0 saturated heterocycles. The highest BCUT2D eigenvalue weighted by atomic mass is 16.5. The first-order chi connectivity index (χ1) is 36.2. The summed E-state index contributed by atoms with van der Waals surface area (Å²) in [6.45, 7) is 19.8. The van der Waals surface area contributed by atoms with Gasteiger partial charge >= 0.3 is 11.9 Å². The molecule has 0 spiro atoms. The molecule has 1 N–H and O–H groups in total. The van der Waals surface area contributed by atoms with Crippen LogP contribution in [0.2, 0.25) is 0 Å². The Kier molecular flexibility index (Phi) is 19.7.